The van der Waals surface area contributed by atoms with Crippen LogP contribution in [-0.4, -0.2) is 28.6 Å². The van der Waals surface area contributed by atoms with Crippen molar-refractivity contribution in [3.8, 4) is 5.75 Å². The summed E-state index contributed by atoms with van der Waals surface area (Å²) in [6, 6.07) is 0. The van der Waals surface area contributed by atoms with Crippen LogP contribution in [0.25, 0.3) is 0 Å². The summed E-state index contributed by atoms with van der Waals surface area (Å²) in [6.07, 6.45) is 5.06. The number of hydrogen-bond acceptors (Lipinski definition) is 6. The summed E-state index contributed by atoms with van der Waals surface area (Å²) in [5, 5.41) is 6.22. The normalized spacial score (nSPS) is 10.3. The Labute approximate surface area is 110 Å². The van der Waals surface area contributed by atoms with E-state index in [0.717, 1.165) is 29.5 Å². The average molecular weight is 264 g/mol. The van der Waals surface area contributed by atoms with E-state index in [-0.39, 0.29) is 0 Å². The second-order valence-corrected chi connectivity index (χ2v) is 4.71. The van der Waals surface area contributed by atoms with E-state index in [0.29, 0.717) is 12.2 Å². The summed E-state index contributed by atoms with van der Waals surface area (Å²) in [4.78, 5) is 12.8. The highest BCUT2D eigenvalue weighted by Gasteiger charge is 2.13. The number of nitrogens with one attached hydrogen (secondary N) is 1. The number of thiazole rings is 1. The Bertz CT molecular complexity index is 487. The minimum Gasteiger partial charge on any atom is -0.491 e. The van der Waals surface area contributed by atoms with E-state index < -0.39 is 0 Å². The van der Waals surface area contributed by atoms with Gasteiger partial charge in [0.25, 0.3) is 0 Å². The van der Waals surface area contributed by atoms with Gasteiger partial charge < -0.3 is 10.1 Å². The van der Waals surface area contributed by atoms with Gasteiger partial charge in [0, 0.05) is 24.5 Å². The molecule has 1 N–H and O–H groups in total. The molecule has 0 aliphatic rings. The van der Waals surface area contributed by atoms with Crippen molar-refractivity contribution >= 4 is 17.2 Å². The van der Waals surface area contributed by atoms with E-state index in [1.54, 1.807) is 31.0 Å². The lowest BCUT2D eigenvalue weighted by molar-refractivity contribution is 0.407. The lowest BCUT2D eigenvalue weighted by Gasteiger charge is -2.11. The molecule has 0 bridgehead atoms. The monoisotopic (exact) mass is 264 g/mol. The zero-order valence-corrected chi connectivity index (χ0v) is 11.3. The molecule has 0 saturated heterocycles. The topological polar surface area (TPSA) is 59.9 Å². The molecule has 0 aliphatic heterocycles. The second kappa shape index (κ2) is 6.30. The summed E-state index contributed by atoms with van der Waals surface area (Å²) in [5.74, 6) is 1.46. The highest BCUT2D eigenvalue weighted by molar-refractivity contribution is 7.09. The maximum atomic E-state index is 5.41. The van der Waals surface area contributed by atoms with Gasteiger partial charge in [-0.25, -0.2) is 15.0 Å². The van der Waals surface area contributed by atoms with Crippen molar-refractivity contribution in [3.05, 3.63) is 28.6 Å². The van der Waals surface area contributed by atoms with Gasteiger partial charge in [-0.15, -0.1) is 11.3 Å². The van der Waals surface area contributed by atoms with Crippen LogP contribution >= 0.6 is 11.3 Å². The van der Waals surface area contributed by atoms with Crippen LogP contribution in [0.15, 0.2) is 17.9 Å². The van der Waals surface area contributed by atoms with E-state index in [4.69, 9.17) is 4.74 Å². The first-order chi connectivity index (χ1) is 8.85. The van der Waals surface area contributed by atoms with Crippen LogP contribution < -0.4 is 10.1 Å². The largest absolute Gasteiger partial charge is 0.491 e. The Morgan fingerprint density at radius 3 is 2.89 bits per heavy atom. The van der Waals surface area contributed by atoms with Crippen LogP contribution in [0.4, 0.5) is 5.82 Å². The van der Waals surface area contributed by atoms with Crippen molar-refractivity contribution in [2.45, 2.75) is 19.8 Å². The van der Waals surface area contributed by atoms with Crippen molar-refractivity contribution in [3.63, 3.8) is 0 Å². The zero-order chi connectivity index (χ0) is 12.8. The van der Waals surface area contributed by atoms with Gasteiger partial charge in [-0.05, 0) is 6.42 Å². The average Bonchev–Trinajstić information content (AvgIpc) is 2.89. The third-order valence-corrected chi connectivity index (χ3v) is 3.21. The van der Waals surface area contributed by atoms with E-state index in [1.807, 2.05) is 5.38 Å². The van der Waals surface area contributed by atoms with E-state index in [1.165, 1.54) is 0 Å². The van der Waals surface area contributed by atoms with E-state index in [9.17, 15) is 0 Å². The molecular weight excluding hydrogens is 248 g/mol. The molecule has 96 valence electrons. The summed E-state index contributed by atoms with van der Waals surface area (Å²) >= 11 is 1.61. The Balaban J connectivity index is 2.23. The Kier molecular flexibility index (Phi) is 4.46. The fraction of sp³-hybridized carbons (Fsp3) is 0.417. The minimum absolute atomic E-state index is 0.671. The first kappa shape index (κ1) is 12.8. The molecule has 0 radical (unpaired) electrons. The minimum atomic E-state index is 0.671. The maximum Gasteiger partial charge on any atom is 0.183 e. The van der Waals surface area contributed by atoms with Crippen molar-refractivity contribution in [1.29, 1.82) is 0 Å². The van der Waals surface area contributed by atoms with Gasteiger partial charge in [0.1, 0.15) is 6.33 Å². The van der Waals surface area contributed by atoms with Crippen LogP contribution in [0.1, 0.15) is 24.0 Å². The smallest absolute Gasteiger partial charge is 0.183 e. The van der Waals surface area contributed by atoms with Crippen molar-refractivity contribution < 1.29 is 4.74 Å². The first-order valence-electron chi connectivity index (χ1n) is 5.85. The summed E-state index contributed by atoms with van der Waals surface area (Å²) < 4.78 is 5.41. The van der Waals surface area contributed by atoms with E-state index >= 15 is 0 Å². The predicted molar refractivity (Wildman–Crippen MR) is 72.3 cm³/mol. The number of anilines is 1. The van der Waals surface area contributed by atoms with Crippen LogP contribution in [0, 0.1) is 0 Å². The summed E-state index contributed by atoms with van der Waals surface area (Å²) in [6.45, 7) is 2.97. The molecule has 2 aromatic heterocycles. The molecule has 0 saturated carbocycles. The molecule has 5 nitrogen and oxygen atoms in total. The fourth-order valence-corrected chi connectivity index (χ4v) is 2.22. The number of ether oxygens (including phenoxy) is 1. The third kappa shape index (κ3) is 2.95. The lowest BCUT2D eigenvalue weighted by Crippen LogP contribution is -2.07. The highest BCUT2D eigenvalue weighted by atomic mass is 32.1. The number of aromatic nitrogens is 3. The van der Waals surface area contributed by atoms with Crippen LogP contribution in [0.3, 0.4) is 0 Å². The van der Waals surface area contributed by atoms with Gasteiger partial charge in [0.05, 0.1) is 17.8 Å². The molecule has 2 aromatic rings. The van der Waals surface area contributed by atoms with Gasteiger partial charge >= 0.3 is 0 Å². The molecule has 2 rings (SSSR count). The predicted octanol–water partition coefficient (Wildman–Crippen LogP) is 2.35. The number of nitrogens with zero attached hydrogens (tertiary/aromatic N) is 3. The molecule has 0 fully saturated rings. The lowest BCUT2D eigenvalue weighted by atomic mass is 10.2. The molecule has 0 amide bonds. The summed E-state index contributed by atoms with van der Waals surface area (Å²) in [5.41, 5.74) is 0.862. The standard InChI is InChI=1S/C12H16N4OS/c1-3-4-14-12-11(17-2)9(15-8-16-12)7-10-13-5-6-18-10/h5-6,8H,3-4,7H2,1-2H3,(H,14,15,16). The number of hydrogen-bond donors (Lipinski definition) is 1. The quantitative estimate of drug-likeness (QED) is 0.868. The molecule has 2 heterocycles. The number of methoxy groups -OCH3 is 1. The molecule has 6 heteroatoms. The molecule has 0 aliphatic carbocycles. The Morgan fingerprint density at radius 1 is 1.33 bits per heavy atom. The molecular formula is C12H16N4OS. The molecule has 0 aromatic carbocycles. The van der Waals surface area contributed by atoms with Gasteiger partial charge in [-0.2, -0.15) is 0 Å². The van der Waals surface area contributed by atoms with Crippen molar-refractivity contribution in [2.24, 2.45) is 0 Å². The SMILES string of the molecule is CCCNc1ncnc(Cc2nccs2)c1OC. The third-order valence-electron chi connectivity index (χ3n) is 2.43. The Morgan fingerprint density at radius 2 is 2.22 bits per heavy atom. The van der Waals surface area contributed by atoms with Gasteiger partial charge in [-0.3, -0.25) is 0 Å². The molecule has 0 atom stereocenters. The Hall–Kier alpha value is -1.69. The maximum absolute atomic E-state index is 5.41. The van der Waals surface area contributed by atoms with Gasteiger partial charge in [0.2, 0.25) is 0 Å². The highest BCUT2D eigenvalue weighted by Crippen LogP contribution is 2.26. The van der Waals surface area contributed by atoms with Crippen molar-refractivity contribution in [2.75, 3.05) is 19.0 Å². The fourth-order valence-electron chi connectivity index (χ4n) is 1.60. The van der Waals surface area contributed by atoms with Crippen molar-refractivity contribution in [1.82, 2.24) is 15.0 Å². The van der Waals surface area contributed by atoms with Crippen LogP contribution in [0.5, 0.6) is 5.75 Å². The molecule has 0 unspecified atom stereocenters. The summed E-state index contributed by atoms with van der Waals surface area (Å²) in [7, 11) is 1.64. The van der Waals surface area contributed by atoms with Gasteiger partial charge in [-0.1, -0.05) is 6.92 Å². The van der Waals surface area contributed by atoms with Crippen LogP contribution in [-0.2, 0) is 6.42 Å². The zero-order valence-electron chi connectivity index (χ0n) is 10.5. The molecule has 18 heavy (non-hydrogen) atoms. The number of rotatable bonds is 6. The van der Waals surface area contributed by atoms with Gasteiger partial charge in [0.15, 0.2) is 11.6 Å². The van der Waals surface area contributed by atoms with E-state index in [2.05, 4.69) is 27.2 Å². The first-order valence-corrected chi connectivity index (χ1v) is 6.73. The van der Waals surface area contributed by atoms with Crippen LogP contribution in [0.2, 0.25) is 0 Å². The second-order valence-electron chi connectivity index (χ2n) is 3.73. The molecule has 0 spiro atoms.